The van der Waals surface area contributed by atoms with Crippen LogP contribution in [0, 0.1) is 53.3 Å². The number of nitrogens with zero attached hydrogens (tertiary/aromatic N) is 1. The Morgan fingerprint density at radius 2 is 1.74 bits per heavy atom. The van der Waals surface area contributed by atoms with Gasteiger partial charge in [0.15, 0.2) is 0 Å². The lowest BCUT2D eigenvalue weighted by atomic mass is 9.46. The van der Waals surface area contributed by atoms with E-state index in [0.717, 1.165) is 36.5 Å². The standard InChI is InChI=1S/C36H54N2O4S/c1-23(2)9-8-10-25(4)30-15-16-31-34-32(18-20-36(30,31)7)35(6)19-17-28(42-26(5)39)21-27(35)22-33(34)37-38-43(40,41)29-13-11-24(3)12-14-29/h11-14,22-23,25,28,30-32,34,38H,8-10,15-21H2,1-7H3/t25?,28-,30+,31-,32-,34-,35-,36+/m0/s1. The van der Waals surface area contributed by atoms with Crippen LogP contribution >= 0.6 is 0 Å². The molecule has 4 aliphatic carbocycles. The molecule has 7 heteroatoms. The monoisotopic (exact) mass is 610 g/mol. The number of hydrazone groups is 1. The summed E-state index contributed by atoms with van der Waals surface area (Å²) in [6.45, 7) is 15.5. The highest BCUT2D eigenvalue weighted by Crippen LogP contribution is 2.67. The molecule has 3 fully saturated rings. The molecule has 1 N–H and O–H groups in total. The summed E-state index contributed by atoms with van der Waals surface area (Å²) in [5.74, 6) is 2.98. The number of carbonyl (C=O) groups is 1. The number of allylic oxidation sites excluding steroid dienone is 1. The first-order valence-electron chi connectivity index (χ1n) is 16.8. The molecule has 3 saturated carbocycles. The van der Waals surface area contributed by atoms with Crippen LogP contribution in [-0.4, -0.2) is 26.2 Å². The number of rotatable bonds is 9. The van der Waals surface area contributed by atoms with Gasteiger partial charge in [-0.25, -0.2) is 0 Å². The smallest absolute Gasteiger partial charge is 0.302 e. The first-order valence-corrected chi connectivity index (χ1v) is 18.3. The van der Waals surface area contributed by atoms with Crippen molar-refractivity contribution in [3.05, 3.63) is 41.5 Å². The van der Waals surface area contributed by atoms with Gasteiger partial charge in [0.1, 0.15) is 6.10 Å². The number of hydrogen-bond acceptors (Lipinski definition) is 5. The van der Waals surface area contributed by atoms with Gasteiger partial charge >= 0.3 is 5.97 Å². The van der Waals surface area contributed by atoms with Crippen LogP contribution in [0.4, 0.5) is 0 Å². The van der Waals surface area contributed by atoms with Gasteiger partial charge in [-0.2, -0.15) is 18.4 Å². The number of aryl methyl sites for hydroxylation is 1. The van der Waals surface area contributed by atoms with Crippen LogP contribution in [0.3, 0.4) is 0 Å². The number of carbonyl (C=O) groups excluding carboxylic acids is 1. The molecule has 1 aromatic rings. The number of sulfonamides is 1. The van der Waals surface area contributed by atoms with E-state index in [9.17, 15) is 13.2 Å². The lowest BCUT2D eigenvalue weighted by Crippen LogP contribution is -2.54. The van der Waals surface area contributed by atoms with Crippen molar-refractivity contribution in [2.24, 2.45) is 51.4 Å². The maximum absolute atomic E-state index is 13.3. The third-order valence-electron chi connectivity index (χ3n) is 12.1. The Hall–Kier alpha value is -2.15. The van der Waals surface area contributed by atoms with E-state index in [1.54, 1.807) is 12.1 Å². The van der Waals surface area contributed by atoms with Crippen molar-refractivity contribution in [3.8, 4) is 0 Å². The lowest BCUT2D eigenvalue weighted by Gasteiger charge is -2.58. The number of hydrogen-bond donors (Lipinski definition) is 1. The fourth-order valence-corrected chi connectivity index (χ4v) is 10.6. The average Bonchev–Trinajstić information content (AvgIpc) is 3.29. The van der Waals surface area contributed by atoms with E-state index in [1.165, 1.54) is 51.0 Å². The van der Waals surface area contributed by atoms with E-state index < -0.39 is 10.0 Å². The molecule has 5 rings (SSSR count). The highest BCUT2D eigenvalue weighted by molar-refractivity contribution is 7.89. The number of ether oxygens (including phenoxy) is 1. The van der Waals surface area contributed by atoms with Gasteiger partial charge in [0.2, 0.25) is 0 Å². The normalized spacial score (nSPS) is 35.5. The van der Waals surface area contributed by atoms with Crippen LogP contribution in [0.5, 0.6) is 0 Å². The number of esters is 1. The molecule has 6 nitrogen and oxygen atoms in total. The highest BCUT2D eigenvalue weighted by atomic mass is 32.2. The Bertz CT molecular complexity index is 1350. The molecular weight excluding hydrogens is 556 g/mol. The topological polar surface area (TPSA) is 84.8 Å². The summed E-state index contributed by atoms with van der Waals surface area (Å²) >= 11 is 0. The quantitative estimate of drug-likeness (QED) is 0.226. The number of nitrogens with one attached hydrogen (secondary N) is 1. The van der Waals surface area contributed by atoms with Gasteiger partial charge in [0, 0.05) is 19.3 Å². The van der Waals surface area contributed by atoms with E-state index in [1.807, 2.05) is 19.1 Å². The predicted octanol–water partition coefficient (Wildman–Crippen LogP) is 8.21. The Labute approximate surface area is 260 Å². The molecule has 0 heterocycles. The van der Waals surface area contributed by atoms with Crippen LogP contribution in [-0.2, 0) is 19.6 Å². The minimum absolute atomic E-state index is 0.0124. The van der Waals surface area contributed by atoms with Crippen molar-refractivity contribution in [2.75, 3.05) is 0 Å². The Balaban J connectivity index is 1.49. The molecule has 1 aromatic carbocycles. The van der Waals surface area contributed by atoms with Crippen molar-refractivity contribution < 1.29 is 17.9 Å². The molecule has 43 heavy (non-hydrogen) atoms. The first kappa shape index (κ1) is 32.2. The van der Waals surface area contributed by atoms with Crippen molar-refractivity contribution >= 4 is 21.7 Å². The molecule has 0 radical (unpaired) electrons. The van der Waals surface area contributed by atoms with E-state index in [2.05, 4.69) is 45.5 Å². The summed E-state index contributed by atoms with van der Waals surface area (Å²) in [4.78, 5) is 14.7. The molecule has 0 saturated heterocycles. The van der Waals surface area contributed by atoms with E-state index in [-0.39, 0.29) is 33.7 Å². The van der Waals surface area contributed by atoms with E-state index in [0.29, 0.717) is 30.1 Å². The number of fused-ring (bicyclic) bond motifs is 5. The van der Waals surface area contributed by atoms with Crippen molar-refractivity contribution in [1.82, 2.24) is 4.83 Å². The summed E-state index contributed by atoms with van der Waals surface area (Å²) in [5.41, 5.74) is 3.39. The van der Waals surface area contributed by atoms with Crippen molar-refractivity contribution in [1.29, 1.82) is 0 Å². The van der Waals surface area contributed by atoms with Crippen molar-refractivity contribution in [3.63, 3.8) is 0 Å². The lowest BCUT2D eigenvalue weighted by molar-refractivity contribution is -0.148. The molecule has 8 atom stereocenters. The van der Waals surface area contributed by atoms with Crippen LogP contribution in [0.25, 0.3) is 0 Å². The Kier molecular flexibility index (Phi) is 9.25. The van der Waals surface area contributed by atoms with Crippen LogP contribution in [0.2, 0.25) is 0 Å². The minimum atomic E-state index is -3.80. The summed E-state index contributed by atoms with van der Waals surface area (Å²) in [6.07, 6.45) is 13.3. The second-order valence-electron chi connectivity index (χ2n) is 15.3. The zero-order valence-electron chi connectivity index (χ0n) is 27.5. The third-order valence-corrected chi connectivity index (χ3v) is 13.3. The molecule has 0 aromatic heterocycles. The summed E-state index contributed by atoms with van der Waals surface area (Å²) in [7, 11) is -3.80. The van der Waals surface area contributed by atoms with E-state index >= 15 is 0 Å². The minimum Gasteiger partial charge on any atom is -0.462 e. The van der Waals surface area contributed by atoms with Gasteiger partial charge in [-0.1, -0.05) is 77.2 Å². The van der Waals surface area contributed by atoms with Gasteiger partial charge in [-0.3, -0.25) is 4.79 Å². The first-order chi connectivity index (χ1) is 20.2. The maximum Gasteiger partial charge on any atom is 0.302 e. The van der Waals surface area contributed by atoms with Crippen LogP contribution in [0.15, 0.2) is 45.9 Å². The SMILES string of the molecule is CC(=O)O[C@H]1CC[C@@]2(C)C(=CC(=NNS(=O)(=O)c3ccc(C)cc3)[C@H]3[C@@H]4CC[C@H](C(C)CCCC(C)C)[C@@]4(C)CC[C@@H]32)C1. The molecule has 238 valence electrons. The molecule has 0 bridgehead atoms. The Morgan fingerprint density at radius 3 is 2.42 bits per heavy atom. The predicted molar refractivity (Wildman–Crippen MR) is 173 cm³/mol. The average molecular weight is 611 g/mol. The van der Waals surface area contributed by atoms with E-state index in [4.69, 9.17) is 9.84 Å². The summed E-state index contributed by atoms with van der Waals surface area (Å²) in [6, 6.07) is 6.91. The van der Waals surface area contributed by atoms with Gasteiger partial charge in [0.25, 0.3) is 10.0 Å². The fourth-order valence-electron chi connectivity index (χ4n) is 9.74. The van der Waals surface area contributed by atoms with Gasteiger partial charge in [-0.15, -0.1) is 0 Å². The van der Waals surface area contributed by atoms with Crippen LogP contribution < -0.4 is 4.83 Å². The zero-order chi connectivity index (χ0) is 31.2. The largest absolute Gasteiger partial charge is 0.462 e. The highest BCUT2D eigenvalue weighted by Gasteiger charge is 2.61. The summed E-state index contributed by atoms with van der Waals surface area (Å²) in [5, 5.41) is 4.77. The second kappa shape index (κ2) is 12.3. The summed E-state index contributed by atoms with van der Waals surface area (Å²) < 4.78 is 32.4. The van der Waals surface area contributed by atoms with Gasteiger partial charge < -0.3 is 4.74 Å². The molecule has 4 aliphatic rings. The van der Waals surface area contributed by atoms with Crippen LogP contribution in [0.1, 0.15) is 111 Å². The Morgan fingerprint density at radius 1 is 1.02 bits per heavy atom. The van der Waals surface area contributed by atoms with Crippen molar-refractivity contribution in [2.45, 2.75) is 124 Å². The molecule has 0 spiro atoms. The molecule has 0 amide bonds. The zero-order valence-corrected chi connectivity index (χ0v) is 28.3. The molecule has 1 unspecified atom stereocenters. The molecular formula is C36H54N2O4S. The van der Waals surface area contributed by atoms with Gasteiger partial charge in [0.05, 0.1) is 10.6 Å². The third kappa shape index (κ3) is 6.35. The maximum atomic E-state index is 13.3. The number of benzene rings is 1. The van der Waals surface area contributed by atoms with Gasteiger partial charge in [-0.05, 0) is 104 Å². The molecule has 0 aliphatic heterocycles. The fraction of sp³-hybridized carbons (Fsp3) is 0.722. The second-order valence-corrected chi connectivity index (χ2v) is 16.9.